The summed E-state index contributed by atoms with van der Waals surface area (Å²) in [7, 11) is 0. The quantitative estimate of drug-likeness (QED) is 0.582. The lowest BCUT2D eigenvalue weighted by atomic mass is 9.43. The number of aromatic amines is 1. The number of pyridine rings is 1. The smallest absolute Gasteiger partial charge is 0.248 e. The summed E-state index contributed by atoms with van der Waals surface area (Å²) in [5.74, 6) is 1.15. The lowest BCUT2D eigenvalue weighted by Gasteiger charge is -2.64. The van der Waals surface area contributed by atoms with Gasteiger partial charge >= 0.3 is 0 Å². The van der Waals surface area contributed by atoms with Crippen LogP contribution in [0.25, 0.3) is 0 Å². The van der Waals surface area contributed by atoms with E-state index in [1.165, 1.54) is 6.07 Å². The maximum absolute atomic E-state index is 12.2. The van der Waals surface area contributed by atoms with Crippen molar-refractivity contribution >= 4 is 0 Å². The molecule has 0 radical (unpaired) electrons. The number of aliphatic hydroxyl groups is 3. The largest absolute Gasteiger partial charge is 0.393 e. The van der Waals surface area contributed by atoms with Gasteiger partial charge in [-0.05, 0) is 92.6 Å². The van der Waals surface area contributed by atoms with Crippen LogP contribution in [0, 0.1) is 28.6 Å². The molecule has 0 amide bonds. The SMILES string of the molecule is C[C@]12CC[C@H](O)C[C@H]1CC[C@@H]1[C@@H]2CC[C@]2(C)[C@@](O)(c3cc[nH]c(=O)c3)CC[C@]12O. The van der Waals surface area contributed by atoms with Gasteiger partial charge in [0.05, 0.1) is 17.3 Å². The van der Waals surface area contributed by atoms with Crippen LogP contribution in [0.4, 0.5) is 0 Å². The fraction of sp³-hybridized carbons (Fsp3) is 0.792. The van der Waals surface area contributed by atoms with Crippen molar-refractivity contribution in [3.05, 3.63) is 34.2 Å². The summed E-state index contributed by atoms with van der Waals surface area (Å²) in [5.41, 5.74) is -2.16. The number of aliphatic hydroxyl groups excluding tert-OH is 1. The highest BCUT2D eigenvalue weighted by Gasteiger charge is 2.72. The lowest BCUT2D eigenvalue weighted by Crippen LogP contribution is -2.64. The minimum Gasteiger partial charge on any atom is -0.393 e. The van der Waals surface area contributed by atoms with E-state index in [9.17, 15) is 20.1 Å². The average Bonchev–Trinajstić information content (AvgIpc) is 2.91. The summed E-state index contributed by atoms with van der Waals surface area (Å²) in [4.78, 5) is 14.6. The Morgan fingerprint density at radius 3 is 2.55 bits per heavy atom. The van der Waals surface area contributed by atoms with Crippen LogP contribution in [0.2, 0.25) is 0 Å². The van der Waals surface area contributed by atoms with E-state index in [4.69, 9.17) is 0 Å². The Balaban J connectivity index is 1.53. The first-order valence-corrected chi connectivity index (χ1v) is 11.5. The van der Waals surface area contributed by atoms with E-state index in [1.807, 2.05) is 0 Å². The van der Waals surface area contributed by atoms with Gasteiger partial charge in [0.1, 0.15) is 0 Å². The highest BCUT2D eigenvalue weighted by atomic mass is 16.3. The zero-order valence-corrected chi connectivity index (χ0v) is 17.7. The second-order valence-corrected chi connectivity index (χ2v) is 11.0. The molecule has 1 aromatic rings. The molecule has 0 saturated heterocycles. The Bertz CT molecular complexity index is 868. The predicted molar refractivity (Wildman–Crippen MR) is 110 cm³/mol. The van der Waals surface area contributed by atoms with Gasteiger partial charge in [0.25, 0.3) is 0 Å². The van der Waals surface area contributed by atoms with E-state index in [-0.39, 0.29) is 23.0 Å². The van der Waals surface area contributed by atoms with Crippen molar-refractivity contribution < 1.29 is 15.3 Å². The Morgan fingerprint density at radius 1 is 1.00 bits per heavy atom. The van der Waals surface area contributed by atoms with Gasteiger partial charge in [-0.2, -0.15) is 0 Å². The van der Waals surface area contributed by atoms with Gasteiger partial charge in [-0.25, -0.2) is 0 Å². The lowest BCUT2D eigenvalue weighted by molar-refractivity contribution is -0.238. The zero-order valence-electron chi connectivity index (χ0n) is 17.7. The molecule has 0 aliphatic heterocycles. The number of rotatable bonds is 1. The number of aromatic nitrogens is 1. The van der Waals surface area contributed by atoms with Crippen LogP contribution in [-0.2, 0) is 5.60 Å². The number of fused-ring (bicyclic) bond motifs is 5. The second-order valence-electron chi connectivity index (χ2n) is 11.0. The molecule has 4 N–H and O–H groups in total. The predicted octanol–water partition coefficient (Wildman–Crippen LogP) is 3.08. The molecule has 5 heteroatoms. The van der Waals surface area contributed by atoms with Crippen molar-refractivity contribution in [2.75, 3.05) is 0 Å². The number of hydrogen-bond acceptors (Lipinski definition) is 4. The van der Waals surface area contributed by atoms with Crippen molar-refractivity contribution in [2.24, 2.45) is 28.6 Å². The minimum absolute atomic E-state index is 0.170. The molecular weight excluding hydrogens is 366 g/mol. The normalized spacial score (nSPS) is 51.8. The monoisotopic (exact) mass is 401 g/mol. The third-order valence-corrected chi connectivity index (χ3v) is 10.2. The molecule has 4 aliphatic carbocycles. The summed E-state index contributed by atoms with van der Waals surface area (Å²) >= 11 is 0. The Kier molecular flexibility index (Phi) is 4.21. The molecule has 4 aliphatic rings. The molecule has 1 aromatic heterocycles. The van der Waals surface area contributed by atoms with Gasteiger partial charge in [-0.3, -0.25) is 4.79 Å². The van der Waals surface area contributed by atoms with E-state index in [2.05, 4.69) is 18.8 Å². The molecule has 0 spiro atoms. The fourth-order valence-electron chi connectivity index (χ4n) is 8.39. The summed E-state index contributed by atoms with van der Waals surface area (Å²) in [6.07, 6.45) is 9.07. The van der Waals surface area contributed by atoms with E-state index < -0.39 is 16.6 Å². The molecule has 0 bridgehead atoms. The van der Waals surface area contributed by atoms with Gasteiger partial charge in [0, 0.05) is 17.7 Å². The van der Waals surface area contributed by atoms with Crippen molar-refractivity contribution in [3.8, 4) is 0 Å². The van der Waals surface area contributed by atoms with Crippen LogP contribution in [0.5, 0.6) is 0 Å². The number of hydrogen-bond donors (Lipinski definition) is 4. The maximum atomic E-state index is 12.2. The molecule has 4 fully saturated rings. The molecular formula is C24H35NO4. The van der Waals surface area contributed by atoms with Crippen molar-refractivity contribution in [1.82, 2.24) is 4.98 Å². The highest BCUT2D eigenvalue weighted by molar-refractivity contribution is 5.31. The first kappa shape index (κ1) is 19.8. The topological polar surface area (TPSA) is 93.5 Å². The Labute approximate surface area is 172 Å². The van der Waals surface area contributed by atoms with E-state index >= 15 is 0 Å². The summed E-state index contributed by atoms with van der Waals surface area (Å²) in [6.45, 7) is 4.45. The van der Waals surface area contributed by atoms with Gasteiger partial charge in [-0.15, -0.1) is 0 Å². The Hall–Kier alpha value is -1.17. The third kappa shape index (κ3) is 2.41. The highest BCUT2D eigenvalue weighted by Crippen LogP contribution is 2.71. The van der Waals surface area contributed by atoms with Crippen molar-refractivity contribution in [2.45, 2.75) is 88.9 Å². The fourth-order valence-corrected chi connectivity index (χ4v) is 8.39. The molecule has 29 heavy (non-hydrogen) atoms. The molecule has 1 heterocycles. The van der Waals surface area contributed by atoms with Gasteiger partial charge in [-0.1, -0.05) is 13.8 Å². The third-order valence-electron chi connectivity index (χ3n) is 10.2. The summed E-state index contributed by atoms with van der Waals surface area (Å²) < 4.78 is 0. The molecule has 4 saturated carbocycles. The summed E-state index contributed by atoms with van der Waals surface area (Å²) in [5, 5.41) is 34.3. The second kappa shape index (κ2) is 6.18. The van der Waals surface area contributed by atoms with Crippen molar-refractivity contribution in [1.29, 1.82) is 0 Å². The Morgan fingerprint density at radius 2 is 1.79 bits per heavy atom. The van der Waals surface area contributed by atoms with Crippen molar-refractivity contribution in [3.63, 3.8) is 0 Å². The van der Waals surface area contributed by atoms with Crippen LogP contribution >= 0.6 is 0 Å². The molecule has 5 rings (SSSR count). The molecule has 0 unspecified atom stereocenters. The number of H-pyrrole nitrogens is 1. The van der Waals surface area contributed by atoms with E-state index in [1.54, 1.807) is 12.3 Å². The van der Waals surface area contributed by atoms with Gasteiger partial charge in [0.15, 0.2) is 0 Å². The van der Waals surface area contributed by atoms with Crippen LogP contribution in [-0.4, -0.2) is 32.0 Å². The zero-order chi connectivity index (χ0) is 20.7. The van der Waals surface area contributed by atoms with Crippen LogP contribution in [0.1, 0.15) is 77.2 Å². The summed E-state index contributed by atoms with van der Waals surface area (Å²) in [6, 6.07) is 3.30. The average molecular weight is 402 g/mol. The van der Waals surface area contributed by atoms with Gasteiger partial charge < -0.3 is 20.3 Å². The van der Waals surface area contributed by atoms with E-state index in [0.29, 0.717) is 30.2 Å². The number of nitrogens with one attached hydrogen (secondary N) is 1. The molecule has 160 valence electrons. The molecule has 8 atom stereocenters. The first-order valence-electron chi connectivity index (χ1n) is 11.5. The first-order chi connectivity index (χ1) is 13.6. The van der Waals surface area contributed by atoms with Crippen LogP contribution in [0.15, 0.2) is 23.1 Å². The standard InChI is InChI=1S/C24H35NO4/c1-21-8-5-17(26)13-15(21)3-4-19-18(21)6-9-22(2)23(28,10-11-24(19,22)29)16-7-12-25-20(27)14-16/h7,12,14-15,17-19,26,28-29H,3-6,8-11,13H2,1-2H3,(H,25,27)/t15-,17+,18+,19-,21+,22-,23+,24+/m1/s1. The van der Waals surface area contributed by atoms with Crippen LogP contribution < -0.4 is 5.56 Å². The minimum atomic E-state index is -1.18. The van der Waals surface area contributed by atoms with Crippen LogP contribution in [0.3, 0.4) is 0 Å². The van der Waals surface area contributed by atoms with Gasteiger partial charge in [0.2, 0.25) is 5.56 Å². The van der Waals surface area contributed by atoms with E-state index in [0.717, 1.165) is 44.9 Å². The molecule has 5 nitrogen and oxygen atoms in total. The maximum Gasteiger partial charge on any atom is 0.248 e. The molecule has 0 aromatic carbocycles.